The van der Waals surface area contributed by atoms with Gasteiger partial charge in [-0.15, -0.1) is 0 Å². The quantitative estimate of drug-likeness (QED) is 0.0724. The van der Waals surface area contributed by atoms with Gasteiger partial charge in [0.1, 0.15) is 71.5 Å². The Balaban J connectivity index is 0.000000193. The van der Waals surface area contributed by atoms with E-state index in [2.05, 4.69) is 45.9 Å². The van der Waals surface area contributed by atoms with E-state index in [0.717, 1.165) is 6.42 Å². The zero-order valence-corrected chi connectivity index (χ0v) is 82.3. The Labute approximate surface area is 814 Å². The molecule has 6 bridgehead atoms. The van der Waals surface area contributed by atoms with E-state index in [0.29, 0.717) is 55.3 Å². The summed E-state index contributed by atoms with van der Waals surface area (Å²) >= 11 is 0. The molecule has 3 aromatic carbocycles. The van der Waals surface area contributed by atoms with Gasteiger partial charge in [0.25, 0.3) is 17.8 Å². The van der Waals surface area contributed by atoms with Crippen LogP contribution in [0.3, 0.4) is 0 Å². The number of amides is 6. The Bertz CT molecular complexity index is 5340. The van der Waals surface area contributed by atoms with Crippen LogP contribution in [0.2, 0.25) is 0 Å². The molecule has 2 unspecified atom stereocenters. The number of fused-ring (bicyclic) bond motifs is 17. The van der Waals surface area contributed by atoms with Crippen molar-refractivity contribution in [2.45, 2.75) is 250 Å². The maximum Gasteiger partial charge on any atom is 0.408 e. The van der Waals surface area contributed by atoms with E-state index in [-0.39, 0.29) is 171 Å². The van der Waals surface area contributed by atoms with Crippen molar-refractivity contribution in [1.82, 2.24) is 60.6 Å². The standard InChI is InChI=1S/C32H39F2N4O7.C31H39F2N4O7.C30H37F2N4O7.3V/c1-16-22(15-39)38-14-24(16)44-28-26(35-20-8-7-18(42-5)13-21(20)36-28)32(33,34)9-6-10-43-25-19-11-17(19)12-23(25)45-30(41)37-27(29(38)40)31(2,3)4;1-7-19-22(15-38)37-14-23(19)43-26-24(34-20-9-8-18(41-6)12-21(20)35-26)31(32,33)10-11-42-16-17-13-30(17,5)44-28(40)36-25(27(37)39)29(2,3)4;1-6-18-21(14-37)36-13-23(18)42-26-24(33-19-8-7-17(40-5)12-20(19)34-26)30(31,32)9-10-41-15-16-11-22(16)43-28(39)35-25(27(36)38)29(2,3)4;;;/h7-8,13,16-17,19,22-25,27H,6,9-12,14H2,1-5H3,(H,37,41);8-9,12,17,19,22-23,25H,7,10-11,13-14,16H2,1-6H3,(H,36,40);7-8,12,16,18,21-23,25H,6,9-11,13,15H2,1-5H3,(H,35,39);;;/q3*-1;;;/t16-,17?,19?,22+,23+,24-,25+,27+;17-,19-,22+,23-,25+,30+;16-,18-,21+,22+,23-,25+;;;/m000.../s1. The first-order chi connectivity index (χ1) is 62.4. The van der Waals surface area contributed by atoms with Gasteiger partial charge in [0.05, 0.1) is 107 Å². The minimum Gasteiger partial charge on any atom is -0.540 e. The molecule has 3 aromatic heterocycles. The van der Waals surface area contributed by atoms with Crippen LogP contribution < -0.4 is 44.4 Å². The van der Waals surface area contributed by atoms with Crippen molar-refractivity contribution in [2.24, 2.45) is 57.7 Å². The summed E-state index contributed by atoms with van der Waals surface area (Å²) in [7, 11) is 4.43. The summed E-state index contributed by atoms with van der Waals surface area (Å²) in [6.45, 7) is 22.5. The van der Waals surface area contributed by atoms with Gasteiger partial charge in [-0.1, -0.05) is 114 Å². The Hall–Kier alpha value is -9.08. The number of nitrogens with one attached hydrogen (secondary N) is 3. The maximum absolute atomic E-state index is 16.0. The molecule has 3 saturated heterocycles. The zero-order chi connectivity index (χ0) is 95.4. The summed E-state index contributed by atoms with van der Waals surface area (Å²) in [5, 5.41) is 8.14. The van der Waals surface area contributed by atoms with Gasteiger partial charge in [0.2, 0.25) is 35.4 Å². The fraction of sp³-hybridized carbons (Fsp3) is 0.645. The first-order valence-corrected chi connectivity index (χ1v) is 44.8. The molecule has 6 amide bonds. The van der Waals surface area contributed by atoms with Crippen LogP contribution in [0.15, 0.2) is 54.6 Å². The molecule has 3 N–H and O–H groups in total. The van der Waals surface area contributed by atoms with Gasteiger partial charge in [-0.05, 0) is 121 Å². The number of benzene rings is 3. The molecule has 135 heavy (non-hydrogen) atoms. The van der Waals surface area contributed by atoms with E-state index in [4.69, 9.17) is 56.8 Å². The molecule has 16 rings (SSSR count). The van der Waals surface area contributed by atoms with E-state index < -0.39 is 214 Å². The van der Waals surface area contributed by atoms with Crippen molar-refractivity contribution in [1.29, 1.82) is 0 Å². The van der Waals surface area contributed by atoms with Crippen molar-refractivity contribution in [2.75, 3.05) is 74.0 Å². The number of halogens is 6. The van der Waals surface area contributed by atoms with E-state index >= 15 is 26.3 Å². The van der Waals surface area contributed by atoms with Crippen LogP contribution in [-0.2, 0) is 131 Å². The van der Waals surface area contributed by atoms with Gasteiger partial charge in [-0.3, -0.25) is 14.4 Å². The SMILES string of the molecule is CC[C@@H]1[C@@H]2CN(C(=O)[C@H](C(C)(C)C)NC(=O)O[C@@H]3C[C@H]3COCCC(F)(F)c3nc4ccc(OC)cc4nc3O2)[C@@H]1[C-]=O.CC[C@@H]1[C@@H]2CN(C(=O)[C@H](C(C)(C)C)NC(=O)O[C@]3(C)C[C@H]3COCCC(F)(F)c3nc4ccc(OC)cc4nc3O2)[C@@H]1[C-]=O.COc1ccc2nc3c(nc2c1)O[C@H]1CN(C(=O)[C@H](C(C)(C)C)NC(=O)O[C@@H]2CC4CC4[C@H]2OCCCC3(F)F)[C@H]([C-]=O)[C@@H]1C.[V].[V].[V]. The van der Waals surface area contributed by atoms with Gasteiger partial charge in [-0.25, -0.2) is 63.1 Å². The number of ether oxygens (including phenoxy) is 12. The fourth-order valence-electron chi connectivity index (χ4n) is 18.5. The normalized spacial score (nSPS) is 30.7. The topological polar surface area (TPSA) is 388 Å². The summed E-state index contributed by atoms with van der Waals surface area (Å²) in [6, 6.07) is 7.83. The van der Waals surface area contributed by atoms with Gasteiger partial charge >= 0.3 is 18.3 Å². The number of hydrogen-bond acceptors (Lipinski definition) is 27. The van der Waals surface area contributed by atoms with Gasteiger partial charge in [0.15, 0.2) is 17.1 Å². The molecule has 7 fully saturated rings. The number of nitrogens with zero attached hydrogens (tertiary/aromatic N) is 9. The molecule has 20 atom stereocenters. The number of carbonyl (C=O) groups excluding carboxylic acids is 9. The fourth-order valence-corrected chi connectivity index (χ4v) is 18.5. The molecular formula is C93H115F6N12O21V3-3. The van der Waals surface area contributed by atoms with Gasteiger partial charge in [0, 0.05) is 112 Å². The van der Waals surface area contributed by atoms with Crippen molar-refractivity contribution in [3.8, 4) is 34.9 Å². The molecule has 10 aliphatic rings. The summed E-state index contributed by atoms with van der Waals surface area (Å²) in [4.78, 5) is 148. The van der Waals surface area contributed by atoms with Crippen molar-refractivity contribution in [3.63, 3.8) is 0 Å². The Morgan fingerprint density at radius 1 is 0.459 bits per heavy atom. The Morgan fingerprint density at radius 2 is 0.837 bits per heavy atom. The number of rotatable bonds is 8. The van der Waals surface area contributed by atoms with Crippen LogP contribution in [0.5, 0.6) is 34.9 Å². The zero-order valence-electron chi connectivity index (χ0n) is 78.1. The molecule has 4 saturated carbocycles. The molecule has 42 heteroatoms. The molecule has 6 aromatic rings. The monoisotopic (exact) mass is 2000 g/mol. The van der Waals surface area contributed by atoms with E-state index in [1.807, 2.05) is 32.7 Å². The third kappa shape index (κ3) is 23.4. The van der Waals surface area contributed by atoms with Crippen LogP contribution >= 0.6 is 0 Å². The van der Waals surface area contributed by atoms with Crippen molar-refractivity contribution >= 4 is 88.0 Å². The molecule has 6 aliphatic heterocycles. The van der Waals surface area contributed by atoms with E-state index in [1.54, 1.807) is 119 Å². The molecule has 9 heterocycles. The average molecular weight is 2000 g/mol. The number of hydrogen-bond donors (Lipinski definition) is 3. The third-order valence-corrected chi connectivity index (χ3v) is 26.7. The summed E-state index contributed by atoms with van der Waals surface area (Å²) in [5.74, 6) is -13.4. The number of aromatic nitrogens is 6. The van der Waals surface area contributed by atoms with Crippen molar-refractivity contribution in [3.05, 3.63) is 71.7 Å². The number of alkyl halides is 6. The predicted octanol–water partition coefficient (Wildman–Crippen LogP) is 12.1. The van der Waals surface area contributed by atoms with E-state index in [1.165, 1.54) is 48.2 Å². The minimum atomic E-state index is -3.49. The minimum absolute atomic E-state index is 0. The smallest absolute Gasteiger partial charge is 0.408 e. The van der Waals surface area contributed by atoms with Crippen molar-refractivity contribution < 1.29 is 182 Å². The second kappa shape index (κ2) is 42.3. The maximum atomic E-state index is 16.0. The second-order valence-corrected chi connectivity index (χ2v) is 39.2. The Kier molecular flexibility index (Phi) is 33.3. The van der Waals surface area contributed by atoms with Gasteiger partial charge in [-0.2, -0.15) is 26.3 Å². The Morgan fingerprint density at radius 3 is 1.24 bits per heavy atom. The second-order valence-electron chi connectivity index (χ2n) is 39.2. The number of methoxy groups -OCH3 is 3. The molecule has 33 nitrogen and oxygen atoms in total. The first kappa shape index (κ1) is 106. The van der Waals surface area contributed by atoms with Crippen LogP contribution in [0.4, 0.5) is 40.7 Å². The third-order valence-electron chi connectivity index (χ3n) is 26.7. The molecular weight excluding hydrogens is 1890 g/mol. The van der Waals surface area contributed by atoms with Crippen LogP contribution in [0.25, 0.3) is 33.1 Å². The van der Waals surface area contributed by atoms with Gasteiger partial charge < -0.3 is 102 Å². The summed E-state index contributed by atoms with van der Waals surface area (Å²) in [6.07, 6.45) is 0.738. The summed E-state index contributed by atoms with van der Waals surface area (Å²) in [5.41, 5.74) is -3.58. The molecule has 3 radical (unpaired) electrons. The molecule has 4 aliphatic carbocycles. The predicted molar refractivity (Wildman–Crippen MR) is 460 cm³/mol. The first-order valence-electron chi connectivity index (χ1n) is 44.8. The number of alkyl carbamates (subject to hydrolysis) is 3. The van der Waals surface area contributed by atoms with Crippen LogP contribution in [-0.4, -0.2) is 252 Å². The largest absolute Gasteiger partial charge is 0.540 e. The summed E-state index contributed by atoms with van der Waals surface area (Å²) < 4.78 is 164. The van der Waals surface area contributed by atoms with E-state index in [9.17, 15) is 43.2 Å². The van der Waals surface area contributed by atoms with Crippen LogP contribution in [0.1, 0.15) is 171 Å². The molecule has 733 valence electrons. The van der Waals surface area contributed by atoms with Crippen LogP contribution in [0, 0.1) is 57.7 Å². The molecule has 0 spiro atoms. The number of carbonyl (C=O) groups is 6. The average Bonchev–Trinajstić information content (AvgIpc) is 1.60.